The lowest BCUT2D eigenvalue weighted by atomic mass is 9.89. The Bertz CT molecular complexity index is 378. The van der Waals surface area contributed by atoms with Gasteiger partial charge >= 0.3 is 0 Å². The largest absolute Gasteiger partial charge is 0.393 e. The molecule has 0 radical (unpaired) electrons. The van der Waals surface area contributed by atoms with Gasteiger partial charge in [0.15, 0.2) is 0 Å². The molecule has 0 aliphatic heterocycles. The highest BCUT2D eigenvalue weighted by Gasteiger charge is 2.26. The minimum atomic E-state index is -0.0812. The lowest BCUT2D eigenvalue weighted by molar-refractivity contribution is 0.0617. The van der Waals surface area contributed by atoms with E-state index in [-0.39, 0.29) is 6.10 Å². The van der Waals surface area contributed by atoms with E-state index in [2.05, 4.69) is 27.4 Å². The van der Waals surface area contributed by atoms with Crippen molar-refractivity contribution in [1.82, 2.24) is 15.1 Å². The zero-order valence-corrected chi connectivity index (χ0v) is 10.9. The van der Waals surface area contributed by atoms with Crippen molar-refractivity contribution >= 4 is 0 Å². The Balaban J connectivity index is 1.49. The highest BCUT2D eigenvalue weighted by Crippen LogP contribution is 2.27. The highest BCUT2D eigenvalue weighted by molar-refractivity contribution is 5.01. The fourth-order valence-electron chi connectivity index (χ4n) is 3.02. The topological polar surface area (TPSA) is 50.1 Å². The summed E-state index contributed by atoms with van der Waals surface area (Å²) < 4.78 is 2.16. The van der Waals surface area contributed by atoms with E-state index in [0.717, 1.165) is 25.1 Å². The fraction of sp³-hybridized carbons (Fsp3) is 0.786. The molecule has 1 heterocycles. The van der Waals surface area contributed by atoms with Crippen molar-refractivity contribution in [3.8, 4) is 0 Å². The van der Waals surface area contributed by atoms with E-state index in [1.165, 1.54) is 32.1 Å². The quantitative estimate of drug-likeness (QED) is 0.858. The number of aliphatic hydroxyl groups excluding tert-OH is 1. The molecule has 1 aromatic heterocycles. The van der Waals surface area contributed by atoms with Crippen LogP contribution in [0.15, 0.2) is 12.3 Å². The first-order valence-electron chi connectivity index (χ1n) is 7.27. The summed E-state index contributed by atoms with van der Waals surface area (Å²) in [7, 11) is 0. The molecular weight excluding hydrogens is 226 g/mol. The van der Waals surface area contributed by atoms with Gasteiger partial charge in [0, 0.05) is 18.8 Å². The summed E-state index contributed by atoms with van der Waals surface area (Å²) in [6.45, 7) is 0.830. The van der Waals surface area contributed by atoms with Crippen molar-refractivity contribution in [2.75, 3.05) is 0 Å². The molecule has 2 fully saturated rings. The van der Waals surface area contributed by atoms with Crippen LogP contribution >= 0.6 is 0 Å². The van der Waals surface area contributed by atoms with E-state index in [1.54, 1.807) is 0 Å². The molecule has 2 aliphatic carbocycles. The number of aliphatic hydroxyl groups is 1. The van der Waals surface area contributed by atoms with Gasteiger partial charge in [0.05, 0.1) is 17.8 Å². The van der Waals surface area contributed by atoms with Gasteiger partial charge in [0.1, 0.15) is 0 Å². The zero-order chi connectivity index (χ0) is 12.4. The first-order chi connectivity index (χ1) is 8.81. The average Bonchev–Trinajstić information content (AvgIpc) is 2.83. The number of hydrogen-bond donors (Lipinski definition) is 2. The Morgan fingerprint density at radius 1 is 1.28 bits per heavy atom. The molecule has 2 N–H and O–H groups in total. The lowest BCUT2D eigenvalue weighted by Crippen LogP contribution is -2.43. The number of rotatable bonds is 4. The predicted molar refractivity (Wildman–Crippen MR) is 70.2 cm³/mol. The van der Waals surface area contributed by atoms with Gasteiger partial charge in [-0.1, -0.05) is 19.3 Å². The lowest BCUT2D eigenvalue weighted by Gasteiger charge is -2.31. The maximum Gasteiger partial charge on any atom is 0.0762 e. The summed E-state index contributed by atoms with van der Waals surface area (Å²) in [6.07, 6.45) is 10.5. The molecule has 2 saturated carbocycles. The number of hydrogen-bond acceptors (Lipinski definition) is 3. The number of aromatic nitrogens is 2. The van der Waals surface area contributed by atoms with Crippen LogP contribution in [0.5, 0.6) is 0 Å². The summed E-state index contributed by atoms with van der Waals surface area (Å²) in [4.78, 5) is 0. The second-order valence-corrected chi connectivity index (χ2v) is 5.78. The Hall–Kier alpha value is -0.870. The maximum absolute atomic E-state index is 9.23. The third kappa shape index (κ3) is 2.75. The van der Waals surface area contributed by atoms with Gasteiger partial charge in [-0.2, -0.15) is 5.10 Å². The smallest absolute Gasteiger partial charge is 0.0762 e. The molecular formula is C14H23N3O. The zero-order valence-electron chi connectivity index (χ0n) is 10.9. The Morgan fingerprint density at radius 3 is 2.78 bits per heavy atom. The van der Waals surface area contributed by atoms with E-state index >= 15 is 0 Å². The summed E-state index contributed by atoms with van der Waals surface area (Å²) in [5.41, 5.74) is 1.13. The molecule has 0 bridgehead atoms. The van der Waals surface area contributed by atoms with E-state index in [9.17, 15) is 5.11 Å². The Kier molecular flexibility index (Phi) is 3.66. The van der Waals surface area contributed by atoms with Crippen molar-refractivity contribution in [2.45, 2.75) is 69.7 Å². The molecule has 0 unspecified atom stereocenters. The predicted octanol–water partition coefficient (Wildman–Crippen LogP) is 2.00. The van der Waals surface area contributed by atoms with Crippen LogP contribution in [-0.4, -0.2) is 27.0 Å². The Labute approximate surface area is 108 Å². The van der Waals surface area contributed by atoms with Gasteiger partial charge in [-0.25, -0.2) is 0 Å². The van der Waals surface area contributed by atoms with Crippen LogP contribution in [0.4, 0.5) is 0 Å². The van der Waals surface area contributed by atoms with Gasteiger partial charge < -0.3 is 10.4 Å². The third-order valence-corrected chi connectivity index (χ3v) is 4.30. The van der Waals surface area contributed by atoms with E-state index < -0.39 is 0 Å². The van der Waals surface area contributed by atoms with Crippen LogP contribution in [0.25, 0.3) is 0 Å². The molecule has 2 aliphatic rings. The highest BCUT2D eigenvalue weighted by atomic mass is 16.3. The molecule has 0 spiro atoms. The second-order valence-electron chi connectivity index (χ2n) is 5.78. The minimum absolute atomic E-state index is 0.0812. The molecule has 0 amide bonds. The maximum atomic E-state index is 9.23. The summed E-state index contributed by atoms with van der Waals surface area (Å²) in [5.74, 6) is 0. The standard InChI is InChI=1S/C14H23N3O/c18-14-8-12(9-14)15-10-11-6-7-17(16-11)13-4-2-1-3-5-13/h6-7,12-15,18H,1-5,8-10H2. The van der Waals surface area contributed by atoms with Crippen molar-refractivity contribution < 1.29 is 5.11 Å². The van der Waals surface area contributed by atoms with Crippen molar-refractivity contribution in [1.29, 1.82) is 0 Å². The molecule has 3 rings (SSSR count). The average molecular weight is 249 g/mol. The SMILES string of the molecule is OC1CC(NCc2ccn(C3CCCCC3)n2)C1. The molecule has 4 heteroatoms. The number of nitrogens with one attached hydrogen (secondary N) is 1. The fourth-order valence-corrected chi connectivity index (χ4v) is 3.02. The summed E-state index contributed by atoms with van der Waals surface area (Å²) in [5, 5.41) is 17.4. The molecule has 100 valence electrons. The van der Waals surface area contributed by atoms with Gasteiger partial charge in [0.25, 0.3) is 0 Å². The van der Waals surface area contributed by atoms with Gasteiger partial charge in [-0.05, 0) is 31.7 Å². The van der Waals surface area contributed by atoms with Crippen LogP contribution in [0.3, 0.4) is 0 Å². The van der Waals surface area contributed by atoms with E-state index in [4.69, 9.17) is 0 Å². The van der Waals surface area contributed by atoms with Crippen LogP contribution in [0, 0.1) is 0 Å². The minimum Gasteiger partial charge on any atom is -0.393 e. The summed E-state index contributed by atoms with van der Waals surface area (Å²) in [6, 6.07) is 3.23. The van der Waals surface area contributed by atoms with Crippen molar-refractivity contribution in [3.05, 3.63) is 18.0 Å². The molecule has 0 aromatic carbocycles. The third-order valence-electron chi connectivity index (χ3n) is 4.30. The van der Waals surface area contributed by atoms with Gasteiger partial charge in [-0.3, -0.25) is 4.68 Å². The molecule has 18 heavy (non-hydrogen) atoms. The van der Waals surface area contributed by atoms with Crippen molar-refractivity contribution in [2.24, 2.45) is 0 Å². The van der Waals surface area contributed by atoms with Crippen LogP contribution in [0.2, 0.25) is 0 Å². The van der Waals surface area contributed by atoms with Gasteiger partial charge in [0.2, 0.25) is 0 Å². The Morgan fingerprint density at radius 2 is 2.06 bits per heavy atom. The molecule has 1 aromatic rings. The normalized spacial score (nSPS) is 29.2. The first kappa shape index (κ1) is 12.2. The second kappa shape index (κ2) is 5.41. The summed E-state index contributed by atoms with van der Waals surface area (Å²) >= 11 is 0. The first-order valence-corrected chi connectivity index (χ1v) is 7.27. The van der Waals surface area contributed by atoms with Gasteiger partial charge in [-0.15, -0.1) is 0 Å². The monoisotopic (exact) mass is 249 g/mol. The molecule has 4 nitrogen and oxygen atoms in total. The number of nitrogens with zero attached hydrogens (tertiary/aromatic N) is 2. The van der Waals surface area contributed by atoms with Crippen LogP contribution < -0.4 is 5.32 Å². The van der Waals surface area contributed by atoms with E-state index in [0.29, 0.717) is 12.1 Å². The molecule has 0 saturated heterocycles. The molecule has 0 atom stereocenters. The van der Waals surface area contributed by atoms with Crippen molar-refractivity contribution in [3.63, 3.8) is 0 Å². The van der Waals surface area contributed by atoms with E-state index in [1.807, 2.05) is 0 Å². The van der Waals surface area contributed by atoms with Crippen LogP contribution in [0.1, 0.15) is 56.7 Å². The van der Waals surface area contributed by atoms with Crippen LogP contribution in [-0.2, 0) is 6.54 Å².